The van der Waals surface area contributed by atoms with E-state index in [9.17, 15) is 8.42 Å². The second-order valence-corrected chi connectivity index (χ2v) is 6.47. The largest absolute Gasteiger partial charge is 0.381 e. The summed E-state index contributed by atoms with van der Waals surface area (Å²) in [7, 11) is -3.13. The molecule has 0 spiro atoms. The number of hydrogen-bond donors (Lipinski definition) is 2. The van der Waals surface area contributed by atoms with Crippen molar-refractivity contribution >= 4 is 22.4 Å². The van der Waals surface area contributed by atoms with Gasteiger partial charge in [-0.1, -0.05) is 0 Å². The Labute approximate surface area is 109 Å². The van der Waals surface area contributed by atoms with Crippen LogP contribution in [-0.4, -0.2) is 46.5 Å². The van der Waals surface area contributed by atoms with Crippen LogP contribution in [0.4, 0.5) is 0 Å². The van der Waals surface area contributed by atoms with Crippen molar-refractivity contribution in [1.29, 1.82) is 0 Å². The number of sulfonamides is 1. The maximum Gasteiger partial charge on any atom is 0.212 e. The Morgan fingerprint density at radius 2 is 2.18 bits per heavy atom. The Kier molecular flexibility index (Phi) is 6.16. The molecule has 0 saturated carbocycles. The Morgan fingerprint density at radius 3 is 2.76 bits per heavy atom. The van der Waals surface area contributed by atoms with E-state index < -0.39 is 10.0 Å². The quantitative estimate of drug-likeness (QED) is 0.769. The van der Waals surface area contributed by atoms with Gasteiger partial charge in [0, 0.05) is 19.2 Å². The van der Waals surface area contributed by atoms with Gasteiger partial charge in [0.2, 0.25) is 10.0 Å². The third kappa shape index (κ3) is 5.09. The summed E-state index contributed by atoms with van der Waals surface area (Å²) in [5.74, 6) is 0.387. The highest BCUT2D eigenvalue weighted by molar-refractivity contribution is 7.89. The lowest BCUT2D eigenvalue weighted by molar-refractivity contribution is 0.188. The smallest absolute Gasteiger partial charge is 0.212 e. The predicted molar refractivity (Wildman–Crippen MR) is 69.0 cm³/mol. The van der Waals surface area contributed by atoms with Gasteiger partial charge in [0.15, 0.2) is 0 Å². The molecular weight excluding hydrogens is 264 g/mol. The third-order valence-electron chi connectivity index (χ3n) is 3.12. The van der Waals surface area contributed by atoms with Crippen LogP contribution >= 0.6 is 12.4 Å². The van der Waals surface area contributed by atoms with Crippen LogP contribution in [0.2, 0.25) is 0 Å². The van der Waals surface area contributed by atoms with Gasteiger partial charge in [-0.15, -0.1) is 12.4 Å². The summed E-state index contributed by atoms with van der Waals surface area (Å²) < 4.78 is 31.7. The van der Waals surface area contributed by atoms with E-state index in [1.807, 2.05) is 0 Å². The molecule has 2 heterocycles. The Bertz CT molecular complexity index is 312. The minimum atomic E-state index is -3.13. The van der Waals surface area contributed by atoms with Crippen LogP contribution in [0.5, 0.6) is 0 Å². The average molecular weight is 285 g/mol. The lowest BCUT2D eigenvalue weighted by Crippen LogP contribution is -2.46. The molecule has 7 heteroatoms. The Balaban J connectivity index is 0.00000144. The van der Waals surface area contributed by atoms with Crippen LogP contribution in [-0.2, 0) is 14.8 Å². The van der Waals surface area contributed by atoms with Gasteiger partial charge in [-0.05, 0) is 31.7 Å². The molecule has 2 fully saturated rings. The molecule has 0 aliphatic carbocycles. The summed E-state index contributed by atoms with van der Waals surface area (Å²) in [5.41, 5.74) is 0. The first kappa shape index (κ1) is 15.2. The summed E-state index contributed by atoms with van der Waals surface area (Å²) >= 11 is 0. The molecule has 2 aliphatic rings. The summed E-state index contributed by atoms with van der Waals surface area (Å²) in [6, 6.07) is 0.0704. The zero-order valence-corrected chi connectivity index (χ0v) is 11.5. The number of hydrogen-bond acceptors (Lipinski definition) is 4. The number of ether oxygens (including phenoxy) is 1. The van der Waals surface area contributed by atoms with Crippen LogP contribution in [0, 0.1) is 5.92 Å². The van der Waals surface area contributed by atoms with Crippen LogP contribution in [0.1, 0.15) is 19.3 Å². The first-order valence-corrected chi connectivity index (χ1v) is 7.59. The molecule has 2 rings (SSSR count). The molecular formula is C10H21ClN2O3S. The van der Waals surface area contributed by atoms with Crippen LogP contribution in [0.15, 0.2) is 0 Å². The number of halogens is 1. The monoisotopic (exact) mass is 284 g/mol. The summed E-state index contributed by atoms with van der Waals surface area (Å²) in [4.78, 5) is 0. The molecule has 102 valence electrons. The van der Waals surface area contributed by atoms with Gasteiger partial charge in [0.05, 0.1) is 12.4 Å². The summed E-state index contributed by atoms with van der Waals surface area (Å²) in [5, 5.41) is 3.20. The number of rotatable bonds is 4. The van der Waals surface area contributed by atoms with Crippen molar-refractivity contribution in [3.05, 3.63) is 0 Å². The molecule has 0 aromatic carbocycles. The molecule has 0 aromatic rings. The zero-order chi connectivity index (χ0) is 11.4. The normalized spacial score (nSPS) is 29.9. The number of piperidine rings is 1. The van der Waals surface area contributed by atoms with Crippen molar-refractivity contribution in [3.63, 3.8) is 0 Å². The van der Waals surface area contributed by atoms with E-state index in [4.69, 9.17) is 4.74 Å². The highest BCUT2D eigenvalue weighted by Gasteiger charge is 2.25. The molecule has 0 bridgehead atoms. The second kappa shape index (κ2) is 6.89. The fourth-order valence-corrected chi connectivity index (χ4v) is 3.97. The van der Waals surface area contributed by atoms with Crippen molar-refractivity contribution in [3.8, 4) is 0 Å². The first-order chi connectivity index (χ1) is 7.66. The van der Waals surface area contributed by atoms with Crippen LogP contribution in [0.3, 0.4) is 0 Å². The van der Waals surface area contributed by atoms with E-state index in [0.29, 0.717) is 13.2 Å². The molecule has 17 heavy (non-hydrogen) atoms. The number of nitrogens with one attached hydrogen (secondary N) is 2. The van der Waals surface area contributed by atoms with E-state index in [1.54, 1.807) is 0 Å². The van der Waals surface area contributed by atoms with Gasteiger partial charge in [-0.2, -0.15) is 0 Å². The predicted octanol–water partition coefficient (Wildman–Crippen LogP) is 0.116. The van der Waals surface area contributed by atoms with Crippen molar-refractivity contribution < 1.29 is 13.2 Å². The lowest BCUT2D eigenvalue weighted by Gasteiger charge is -2.24. The van der Waals surface area contributed by atoms with Gasteiger partial charge < -0.3 is 10.1 Å². The van der Waals surface area contributed by atoms with E-state index in [1.165, 1.54) is 0 Å². The maximum absolute atomic E-state index is 11.9. The second-order valence-electron chi connectivity index (χ2n) is 4.67. The van der Waals surface area contributed by atoms with Gasteiger partial charge in [-0.3, -0.25) is 0 Å². The summed E-state index contributed by atoms with van der Waals surface area (Å²) in [6.07, 6.45) is 2.84. The Hall–Kier alpha value is 0.120. The molecule has 0 radical (unpaired) electrons. The first-order valence-electron chi connectivity index (χ1n) is 5.94. The molecule has 2 N–H and O–H groups in total. The SMILES string of the molecule is Cl.O=S(=O)(CC1CCOC1)N[C@@H]1CCCNC1. The lowest BCUT2D eigenvalue weighted by atomic mass is 10.1. The van der Waals surface area contributed by atoms with Crippen molar-refractivity contribution in [2.45, 2.75) is 25.3 Å². The Morgan fingerprint density at radius 1 is 1.35 bits per heavy atom. The molecule has 0 aromatic heterocycles. The zero-order valence-electron chi connectivity index (χ0n) is 9.85. The minimum absolute atomic E-state index is 0. The van der Waals surface area contributed by atoms with Gasteiger partial charge in [0.25, 0.3) is 0 Å². The fourth-order valence-electron chi connectivity index (χ4n) is 2.28. The van der Waals surface area contributed by atoms with Crippen LogP contribution in [0.25, 0.3) is 0 Å². The molecule has 2 saturated heterocycles. The fraction of sp³-hybridized carbons (Fsp3) is 1.00. The molecule has 1 unspecified atom stereocenters. The van der Waals surface area contributed by atoms with Crippen molar-refractivity contribution in [1.82, 2.24) is 10.0 Å². The van der Waals surface area contributed by atoms with E-state index in [-0.39, 0.29) is 30.1 Å². The molecule has 2 aliphatic heterocycles. The molecule has 5 nitrogen and oxygen atoms in total. The minimum Gasteiger partial charge on any atom is -0.381 e. The van der Waals surface area contributed by atoms with Gasteiger partial charge in [-0.25, -0.2) is 13.1 Å². The molecule has 0 amide bonds. The topological polar surface area (TPSA) is 67.4 Å². The maximum atomic E-state index is 11.9. The van der Waals surface area contributed by atoms with E-state index in [0.717, 1.165) is 32.4 Å². The highest BCUT2D eigenvalue weighted by Crippen LogP contribution is 2.14. The van der Waals surface area contributed by atoms with Crippen LogP contribution < -0.4 is 10.0 Å². The van der Waals surface area contributed by atoms with Crippen molar-refractivity contribution in [2.75, 3.05) is 32.1 Å². The van der Waals surface area contributed by atoms with Gasteiger partial charge >= 0.3 is 0 Å². The van der Waals surface area contributed by atoms with Gasteiger partial charge in [0.1, 0.15) is 0 Å². The van der Waals surface area contributed by atoms with Crippen molar-refractivity contribution in [2.24, 2.45) is 5.92 Å². The molecule has 2 atom stereocenters. The standard InChI is InChI=1S/C10H20N2O3S.ClH/c13-16(14,8-9-3-5-15-7-9)12-10-2-1-4-11-6-10;/h9-12H,1-8H2;1H/t9?,10-;/m1./s1. The summed E-state index contributed by atoms with van der Waals surface area (Å²) in [6.45, 7) is 3.03. The highest BCUT2D eigenvalue weighted by atomic mass is 35.5. The van der Waals surface area contributed by atoms with E-state index in [2.05, 4.69) is 10.0 Å². The third-order valence-corrected chi connectivity index (χ3v) is 4.72. The van der Waals surface area contributed by atoms with E-state index >= 15 is 0 Å². The average Bonchev–Trinajstić information content (AvgIpc) is 2.70.